The zero-order chi connectivity index (χ0) is 21.3. The molecular weight excluding hydrogens is 583 g/mol. The van der Waals surface area contributed by atoms with E-state index in [0.717, 1.165) is 39.7 Å². The summed E-state index contributed by atoms with van der Waals surface area (Å²) in [4.78, 5) is 7.06. The molecule has 161 valence electrons. The second kappa shape index (κ2) is 9.03. The molecule has 0 bridgehead atoms. The van der Waals surface area contributed by atoms with E-state index in [1.165, 1.54) is 5.56 Å². The number of rotatable bonds is 3. The van der Waals surface area contributed by atoms with Crippen molar-refractivity contribution in [3.63, 3.8) is 0 Å². The van der Waals surface area contributed by atoms with Crippen molar-refractivity contribution >= 4 is 17.1 Å². The first-order valence-electron chi connectivity index (χ1n) is 10.7. The molecule has 6 rings (SSSR count). The van der Waals surface area contributed by atoms with Gasteiger partial charge in [0.05, 0.1) is 5.82 Å². The van der Waals surface area contributed by atoms with Crippen LogP contribution in [0, 0.1) is 6.08 Å². The van der Waals surface area contributed by atoms with Crippen LogP contribution in [-0.2, 0) is 20.1 Å². The Morgan fingerprint density at radius 1 is 0.606 bits per heavy atom. The maximum atomic E-state index is 4.80. The quantitative estimate of drug-likeness (QED) is 0.210. The van der Waals surface area contributed by atoms with E-state index in [2.05, 4.69) is 100 Å². The SMILES string of the molecule is [C-]1=C(c2nccn2-c2ccccc2)N(c2ccccc2)c2ccccc2-c2ccccc21.[Ir]. The van der Waals surface area contributed by atoms with Gasteiger partial charge in [-0.15, -0.1) is 23.8 Å². The first-order valence-corrected chi connectivity index (χ1v) is 10.7. The Morgan fingerprint density at radius 3 is 1.97 bits per heavy atom. The number of aromatic nitrogens is 2. The van der Waals surface area contributed by atoms with Crippen LogP contribution in [0.1, 0.15) is 11.4 Å². The number of imidazole rings is 1. The fourth-order valence-corrected chi connectivity index (χ4v) is 4.30. The maximum Gasteiger partial charge on any atom is 0.0860 e. The van der Waals surface area contributed by atoms with Crippen LogP contribution < -0.4 is 4.90 Å². The van der Waals surface area contributed by atoms with Crippen LogP contribution in [0.15, 0.2) is 122 Å². The molecule has 0 amide bonds. The standard InChI is InChI=1S/C29H20N3.Ir/c1-3-12-23(13-4-1)31-20-19-30-29(31)28-21-22-11-7-8-16-25(22)26-17-9-10-18-27(26)32(28)24-14-5-2-6-15-24;/h1-20H;/q-1;. The Bertz CT molecular complexity index is 1420. The van der Waals surface area contributed by atoms with Gasteiger partial charge in [-0.25, -0.2) is 0 Å². The molecule has 0 N–H and O–H groups in total. The van der Waals surface area contributed by atoms with Crippen LogP contribution in [0.5, 0.6) is 0 Å². The molecule has 0 saturated carbocycles. The molecular formula is C29H20IrN3-. The predicted molar refractivity (Wildman–Crippen MR) is 130 cm³/mol. The second-order valence-electron chi connectivity index (χ2n) is 7.66. The van der Waals surface area contributed by atoms with E-state index >= 15 is 0 Å². The second-order valence-corrected chi connectivity index (χ2v) is 7.66. The van der Waals surface area contributed by atoms with Gasteiger partial charge in [-0.05, 0) is 35.9 Å². The van der Waals surface area contributed by atoms with E-state index in [1.54, 1.807) is 0 Å². The molecule has 0 unspecified atom stereocenters. The fraction of sp³-hybridized carbons (Fsp3) is 0. The minimum atomic E-state index is 0. The molecule has 1 aromatic heterocycles. The van der Waals surface area contributed by atoms with Crippen molar-refractivity contribution in [1.82, 2.24) is 9.55 Å². The summed E-state index contributed by atoms with van der Waals surface area (Å²) in [7, 11) is 0. The van der Waals surface area contributed by atoms with Gasteiger partial charge >= 0.3 is 0 Å². The van der Waals surface area contributed by atoms with Gasteiger partial charge in [0.2, 0.25) is 0 Å². The molecule has 1 aliphatic rings. The Hall–Kier alpha value is -3.72. The first-order chi connectivity index (χ1) is 15.9. The summed E-state index contributed by atoms with van der Waals surface area (Å²) < 4.78 is 2.12. The average Bonchev–Trinajstić information content (AvgIpc) is 3.30. The van der Waals surface area contributed by atoms with Crippen LogP contribution in [0.25, 0.3) is 22.5 Å². The van der Waals surface area contributed by atoms with Crippen LogP contribution >= 0.6 is 0 Å². The zero-order valence-electron chi connectivity index (χ0n) is 17.7. The molecule has 0 aliphatic carbocycles. The van der Waals surface area contributed by atoms with Gasteiger partial charge in [-0.2, -0.15) is 0 Å². The minimum Gasteiger partial charge on any atom is -0.338 e. The summed E-state index contributed by atoms with van der Waals surface area (Å²) in [6.45, 7) is 0. The fourth-order valence-electron chi connectivity index (χ4n) is 4.30. The Balaban J connectivity index is 0.00000228. The number of hydrogen-bond acceptors (Lipinski definition) is 2. The molecule has 1 radical (unpaired) electrons. The van der Waals surface area contributed by atoms with Gasteiger partial charge in [0.15, 0.2) is 0 Å². The van der Waals surface area contributed by atoms with Gasteiger partial charge in [0.1, 0.15) is 0 Å². The summed E-state index contributed by atoms with van der Waals surface area (Å²) >= 11 is 0. The van der Waals surface area contributed by atoms with Gasteiger partial charge in [0, 0.05) is 55.3 Å². The van der Waals surface area contributed by atoms with Crippen molar-refractivity contribution in [2.24, 2.45) is 0 Å². The number of nitrogens with zero attached hydrogens (tertiary/aromatic N) is 3. The first kappa shape index (κ1) is 21.1. The Labute approximate surface area is 207 Å². The van der Waals surface area contributed by atoms with Crippen molar-refractivity contribution in [2.45, 2.75) is 0 Å². The summed E-state index contributed by atoms with van der Waals surface area (Å²) in [5.41, 5.74) is 7.53. The van der Waals surface area contributed by atoms with Crippen LogP contribution in [0.3, 0.4) is 0 Å². The average molecular weight is 603 g/mol. The van der Waals surface area contributed by atoms with Crippen molar-refractivity contribution in [3.05, 3.63) is 139 Å². The summed E-state index contributed by atoms with van der Waals surface area (Å²) in [5, 5.41) is 0. The number of benzene rings is 4. The molecule has 5 aromatic rings. The number of para-hydroxylation sites is 3. The van der Waals surface area contributed by atoms with Crippen molar-refractivity contribution < 1.29 is 20.1 Å². The molecule has 0 spiro atoms. The van der Waals surface area contributed by atoms with E-state index in [4.69, 9.17) is 4.98 Å². The van der Waals surface area contributed by atoms with Crippen molar-refractivity contribution in [2.75, 3.05) is 4.90 Å². The van der Waals surface area contributed by atoms with E-state index in [-0.39, 0.29) is 20.1 Å². The number of fused-ring (bicyclic) bond motifs is 3. The molecule has 3 nitrogen and oxygen atoms in total. The summed E-state index contributed by atoms with van der Waals surface area (Å²) in [5.74, 6) is 0.839. The third-order valence-electron chi connectivity index (χ3n) is 5.74. The third kappa shape index (κ3) is 3.74. The molecule has 4 aromatic carbocycles. The number of hydrogen-bond donors (Lipinski definition) is 0. The molecule has 1 aliphatic heterocycles. The van der Waals surface area contributed by atoms with Crippen LogP contribution in [0.4, 0.5) is 11.4 Å². The smallest absolute Gasteiger partial charge is 0.0860 e. The van der Waals surface area contributed by atoms with Gasteiger partial charge in [-0.3, -0.25) is 4.98 Å². The maximum absolute atomic E-state index is 4.80. The zero-order valence-corrected chi connectivity index (χ0v) is 20.1. The summed E-state index contributed by atoms with van der Waals surface area (Å²) in [6.07, 6.45) is 7.58. The van der Waals surface area contributed by atoms with E-state index in [1.807, 2.05) is 36.7 Å². The summed E-state index contributed by atoms with van der Waals surface area (Å²) in [6, 6.07) is 37.7. The van der Waals surface area contributed by atoms with Crippen molar-refractivity contribution in [1.29, 1.82) is 0 Å². The Morgan fingerprint density at radius 2 is 1.21 bits per heavy atom. The molecule has 0 atom stereocenters. The monoisotopic (exact) mass is 603 g/mol. The topological polar surface area (TPSA) is 21.1 Å². The van der Waals surface area contributed by atoms with E-state index in [9.17, 15) is 0 Å². The number of anilines is 2. The predicted octanol–water partition coefficient (Wildman–Crippen LogP) is 6.88. The third-order valence-corrected chi connectivity index (χ3v) is 5.74. The van der Waals surface area contributed by atoms with E-state index < -0.39 is 0 Å². The largest absolute Gasteiger partial charge is 0.338 e. The molecule has 2 heterocycles. The minimum absolute atomic E-state index is 0. The van der Waals surface area contributed by atoms with Crippen molar-refractivity contribution in [3.8, 4) is 16.8 Å². The van der Waals surface area contributed by atoms with Gasteiger partial charge < -0.3 is 9.47 Å². The van der Waals surface area contributed by atoms with Gasteiger partial charge in [-0.1, -0.05) is 72.3 Å². The van der Waals surface area contributed by atoms with Gasteiger partial charge in [0.25, 0.3) is 0 Å². The normalized spacial score (nSPS) is 12.1. The van der Waals surface area contributed by atoms with Crippen LogP contribution in [0.2, 0.25) is 0 Å². The molecule has 4 heteroatoms. The molecule has 33 heavy (non-hydrogen) atoms. The molecule has 0 fully saturated rings. The van der Waals surface area contributed by atoms with Crippen LogP contribution in [-0.4, -0.2) is 9.55 Å². The Kier molecular flexibility index (Phi) is 5.78. The van der Waals surface area contributed by atoms with E-state index in [0.29, 0.717) is 0 Å². The molecule has 0 saturated heterocycles.